The zero-order valence-electron chi connectivity index (χ0n) is 15.4. The lowest BCUT2D eigenvalue weighted by molar-refractivity contribution is -0.137. The molecule has 0 heterocycles. The van der Waals surface area contributed by atoms with E-state index in [1.54, 1.807) is 12.1 Å². The molecule has 2 N–H and O–H groups in total. The Hall–Kier alpha value is -1.65. The van der Waals surface area contributed by atoms with Gasteiger partial charge in [-0.1, -0.05) is 42.0 Å². The topological polar surface area (TPSA) is 49.3 Å². The monoisotopic (exact) mass is 391 g/mol. The van der Waals surface area contributed by atoms with Gasteiger partial charge in [-0.25, -0.2) is 4.39 Å². The van der Waals surface area contributed by atoms with Crippen LogP contribution in [0.1, 0.15) is 37.7 Å². The van der Waals surface area contributed by atoms with E-state index >= 15 is 0 Å². The minimum Gasteiger partial charge on any atom is -0.481 e. The van der Waals surface area contributed by atoms with Gasteiger partial charge in [-0.15, -0.1) is 0 Å². The smallest absolute Gasteiger partial charge is 0.303 e. The molecule has 0 radical (unpaired) electrons. The summed E-state index contributed by atoms with van der Waals surface area (Å²) in [5.74, 6) is 1.09. The molecule has 0 aliphatic heterocycles. The number of fused-ring (bicyclic) bond motifs is 2. The Morgan fingerprint density at radius 2 is 2.07 bits per heavy atom. The predicted octanol–water partition coefficient (Wildman–Crippen LogP) is 5.21. The second-order valence-electron chi connectivity index (χ2n) is 7.61. The third-order valence-corrected chi connectivity index (χ3v) is 6.04. The molecule has 0 saturated heterocycles. The lowest BCUT2D eigenvalue weighted by atomic mass is 9.62. The summed E-state index contributed by atoms with van der Waals surface area (Å²) < 4.78 is 13.9. The fourth-order valence-corrected chi connectivity index (χ4v) is 4.54. The number of hydrogen-bond acceptors (Lipinski definition) is 2. The molecular weight excluding hydrogens is 365 g/mol. The van der Waals surface area contributed by atoms with Gasteiger partial charge in [0.2, 0.25) is 0 Å². The first kappa shape index (κ1) is 20.1. The first-order valence-corrected chi connectivity index (χ1v) is 10.1. The lowest BCUT2D eigenvalue weighted by Gasteiger charge is -2.44. The van der Waals surface area contributed by atoms with E-state index in [0.29, 0.717) is 47.2 Å². The molecular formula is C22H27ClFNO2. The van der Waals surface area contributed by atoms with Crippen LogP contribution in [0.4, 0.5) is 4.39 Å². The van der Waals surface area contributed by atoms with Crippen LogP contribution in [0.25, 0.3) is 0 Å². The maximum atomic E-state index is 13.9. The first-order chi connectivity index (χ1) is 13.0. The molecule has 5 heteroatoms. The van der Waals surface area contributed by atoms with Crippen LogP contribution in [-0.4, -0.2) is 17.6 Å². The summed E-state index contributed by atoms with van der Waals surface area (Å²) in [5.41, 5.74) is 0.636. The minimum atomic E-state index is -0.737. The molecule has 0 aromatic heterocycles. The van der Waals surface area contributed by atoms with Crippen LogP contribution >= 0.6 is 11.6 Å². The fraction of sp³-hybridized carbons (Fsp3) is 0.500. The van der Waals surface area contributed by atoms with Gasteiger partial charge in [-0.05, 0) is 68.0 Å². The number of rotatable bonds is 9. The normalized spacial score (nSPS) is 26.7. The van der Waals surface area contributed by atoms with Crippen molar-refractivity contribution in [3.05, 3.63) is 58.9 Å². The van der Waals surface area contributed by atoms with Gasteiger partial charge in [0, 0.05) is 23.6 Å². The number of aliphatic carboxylic acids is 1. The summed E-state index contributed by atoms with van der Waals surface area (Å²) in [6.07, 6.45) is 13.3. The number of halogens is 2. The zero-order chi connectivity index (χ0) is 19.2. The van der Waals surface area contributed by atoms with Crippen molar-refractivity contribution in [2.75, 3.05) is 6.54 Å². The summed E-state index contributed by atoms with van der Waals surface area (Å²) in [6, 6.07) is 4.81. The molecule has 4 rings (SSSR count). The van der Waals surface area contributed by atoms with E-state index in [2.05, 4.69) is 29.6 Å². The number of unbranched alkanes of at least 4 members (excludes halogenated alkanes) is 1. The minimum absolute atomic E-state index is 0.221. The third kappa shape index (κ3) is 5.43. The quantitative estimate of drug-likeness (QED) is 0.449. The van der Waals surface area contributed by atoms with Crippen molar-refractivity contribution >= 4 is 17.6 Å². The van der Waals surface area contributed by atoms with Gasteiger partial charge in [0.15, 0.2) is 0 Å². The molecule has 0 spiro atoms. The van der Waals surface area contributed by atoms with Gasteiger partial charge in [0.05, 0.1) is 0 Å². The van der Waals surface area contributed by atoms with E-state index in [4.69, 9.17) is 16.7 Å². The Kier molecular flexibility index (Phi) is 7.08. The SMILES string of the molecule is O=C(O)CCC/C=C\[C@@H]1[C@@H](CNCc2ccc(Cl)cc2F)[C@@H]2C=C[C@H]1CC2. The molecule has 2 bridgehead atoms. The van der Waals surface area contributed by atoms with Crippen LogP contribution < -0.4 is 5.32 Å². The Morgan fingerprint density at radius 1 is 1.30 bits per heavy atom. The molecule has 27 heavy (non-hydrogen) atoms. The Morgan fingerprint density at radius 3 is 2.78 bits per heavy atom. The van der Waals surface area contributed by atoms with Crippen molar-refractivity contribution < 1.29 is 14.3 Å². The van der Waals surface area contributed by atoms with Gasteiger partial charge in [-0.2, -0.15) is 0 Å². The lowest BCUT2D eigenvalue weighted by Crippen LogP contribution is -2.41. The second-order valence-corrected chi connectivity index (χ2v) is 8.05. The van der Waals surface area contributed by atoms with Crippen LogP contribution in [0, 0.1) is 29.5 Å². The highest BCUT2D eigenvalue weighted by Gasteiger charge is 2.38. The highest BCUT2D eigenvalue weighted by atomic mass is 35.5. The number of nitrogens with one attached hydrogen (secondary N) is 1. The summed E-state index contributed by atoms with van der Waals surface area (Å²) in [5, 5.41) is 12.6. The second kappa shape index (κ2) is 9.52. The number of allylic oxidation sites excluding steroid dienone is 4. The average Bonchev–Trinajstić information content (AvgIpc) is 2.64. The van der Waals surface area contributed by atoms with Crippen LogP contribution in [0.2, 0.25) is 5.02 Å². The molecule has 1 aromatic rings. The number of carboxylic acid groups (broad SMARTS) is 1. The van der Waals surface area contributed by atoms with E-state index in [-0.39, 0.29) is 12.2 Å². The first-order valence-electron chi connectivity index (χ1n) is 9.76. The fourth-order valence-electron chi connectivity index (χ4n) is 4.38. The average molecular weight is 392 g/mol. The molecule has 4 atom stereocenters. The van der Waals surface area contributed by atoms with E-state index in [9.17, 15) is 9.18 Å². The van der Waals surface area contributed by atoms with Crippen molar-refractivity contribution in [2.45, 2.75) is 38.6 Å². The third-order valence-electron chi connectivity index (χ3n) is 5.81. The standard InChI is InChI=1S/C22H27ClFNO2/c23-18-11-10-17(21(24)12-18)13-25-14-20-16-8-6-15(7-9-16)19(20)4-2-1-3-5-22(26)27/h2,4,6,8,10-12,15-16,19-20,25H,1,3,5,7,9,13-14H2,(H,26,27)/b4-2-/t15-,16+,19-,20-/m0/s1. The van der Waals surface area contributed by atoms with Gasteiger partial charge in [0.1, 0.15) is 5.82 Å². The van der Waals surface area contributed by atoms with E-state index < -0.39 is 5.97 Å². The van der Waals surface area contributed by atoms with Crippen LogP contribution in [0.3, 0.4) is 0 Å². The van der Waals surface area contributed by atoms with E-state index in [1.165, 1.54) is 18.9 Å². The number of carbonyl (C=O) groups is 1. The predicted molar refractivity (Wildman–Crippen MR) is 106 cm³/mol. The molecule has 3 nitrogen and oxygen atoms in total. The van der Waals surface area contributed by atoms with Crippen LogP contribution in [0.5, 0.6) is 0 Å². The molecule has 1 fully saturated rings. The largest absolute Gasteiger partial charge is 0.481 e. The molecule has 3 aliphatic rings. The molecule has 0 unspecified atom stereocenters. The van der Waals surface area contributed by atoms with Crippen LogP contribution in [-0.2, 0) is 11.3 Å². The van der Waals surface area contributed by atoms with Gasteiger partial charge < -0.3 is 10.4 Å². The van der Waals surface area contributed by atoms with Crippen molar-refractivity contribution in [3.63, 3.8) is 0 Å². The van der Waals surface area contributed by atoms with Gasteiger partial charge in [0.25, 0.3) is 0 Å². The Labute approximate surface area is 165 Å². The Bertz CT molecular complexity index is 718. The van der Waals surface area contributed by atoms with Crippen LogP contribution in [0.15, 0.2) is 42.5 Å². The summed E-state index contributed by atoms with van der Waals surface area (Å²) in [7, 11) is 0. The van der Waals surface area contributed by atoms with E-state index in [0.717, 1.165) is 13.0 Å². The number of hydrogen-bond donors (Lipinski definition) is 2. The highest BCUT2D eigenvalue weighted by Crippen LogP contribution is 2.45. The summed E-state index contributed by atoms with van der Waals surface area (Å²) in [4.78, 5) is 10.6. The van der Waals surface area contributed by atoms with Gasteiger partial charge in [-0.3, -0.25) is 4.79 Å². The summed E-state index contributed by atoms with van der Waals surface area (Å²) in [6.45, 7) is 1.34. The van der Waals surface area contributed by atoms with Crippen molar-refractivity contribution in [1.29, 1.82) is 0 Å². The Balaban J connectivity index is 1.55. The maximum Gasteiger partial charge on any atom is 0.303 e. The van der Waals surface area contributed by atoms with E-state index in [1.807, 2.05) is 0 Å². The molecule has 1 saturated carbocycles. The maximum absolute atomic E-state index is 13.9. The van der Waals surface area contributed by atoms with Crippen molar-refractivity contribution in [3.8, 4) is 0 Å². The molecule has 3 aliphatic carbocycles. The van der Waals surface area contributed by atoms with Crippen molar-refractivity contribution in [1.82, 2.24) is 5.32 Å². The van der Waals surface area contributed by atoms with Crippen molar-refractivity contribution in [2.24, 2.45) is 23.7 Å². The molecule has 0 amide bonds. The molecule has 146 valence electrons. The van der Waals surface area contributed by atoms with Gasteiger partial charge >= 0.3 is 5.97 Å². The zero-order valence-corrected chi connectivity index (χ0v) is 16.2. The molecule has 1 aromatic carbocycles. The number of carboxylic acids is 1. The summed E-state index contributed by atoms with van der Waals surface area (Å²) >= 11 is 5.81. The number of benzene rings is 1. The highest BCUT2D eigenvalue weighted by molar-refractivity contribution is 6.30.